The van der Waals surface area contributed by atoms with Crippen LogP contribution in [0.25, 0.3) is 0 Å². The van der Waals surface area contributed by atoms with E-state index in [4.69, 9.17) is 0 Å². The molecule has 0 aliphatic rings. The van der Waals surface area contributed by atoms with Gasteiger partial charge in [-0.25, -0.2) is 0 Å². The average molecular weight is 419 g/mol. The van der Waals surface area contributed by atoms with Crippen LogP contribution >= 0.6 is 26.3 Å². The van der Waals surface area contributed by atoms with Crippen molar-refractivity contribution in [3.63, 3.8) is 0 Å². The molecular formula is C14H13Br2NOTi. The van der Waals surface area contributed by atoms with Gasteiger partial charge in [0.05, 0.1) is 5.69 Å². The molecule has 0 spiro atoms. The van der Waals surface area contributed by atoms with E-state index in [1.807, 2.05) is 49.4 Å². The molecule has 2 aromatic carbocycles. The van der Waals surface area contributed by atoms with Gasteiger partial charge in [-0.05, 0) is 31.2 Å². The molecule has 0 radical (unpaired) electrons. The topological polar surface area (TPSA) is 32.6 Å². The summed E-state index contributed by atoms with van der Waals surface area (Å²) in [6, 6.07) is 16.9. The average Bonchev–Trinajstić information content (AvgIpc) is 2.41. The molecule has 5 heteroatoms. The van der Waals surface area contributed by atoms with Crippen molar-refractivity contribution in [1.29, 1.82) is 0 Å². The molecule has 2 rings (SSSR count). The fraction of sp³-hybridized carbons (Fsp3) is 0.0714. The van der Waals surface area contributed by atoms with E-state index in [0.717, 1.165) is 17.0 Å². The van der Waals surface area contributed by atoms with E-state index < -0.39 is 0 Å². The molecule has 19 heavy (non-hydrogen) atoms. The zero-order chi connectivity index (χ0) is 14.1. The third kappa shape index (κ3) is 6.04. The monoisotopic (exact) mass is 417 g/mol. The number of halogens is 2. The summed E-state index contributed by atoms with van der Waals surface area (Å²) in [6.07, 6.45) is 0. The second-order valence-corrected chi connectivity index (χ2v) is 11.5. The van der Waals surface area contributed by atoms with Crippen LogP contribution in [0, 0.1) is 0 Å². The predicted octanol–water partition coefficient (Wildman–Crippen LogP) is 5.22. The Morgan fingerprint density at radius 3 is 2.11 bits per heavy atom. The van der Waals surface area contributed by atoms with Crippen LogP contribution in [0.4, 0.5) is 5.69 Å². The molecule has 2 aromatic rings. The summed E-state index contributed by atoms with van der Waals surface area (Å²) in [4.78, 5) is 4.45. The van der Waals surface area contributed by atoms with Crippen LogP contribution in [0.2, 0.25) is 0 Å². The summed E-state index contributed by atoms with van der Waals surface area (Å²) in [5, 5.41) is 9.68. The van der Waals surface area contributed by atoms with Crippen molar-refractivity contribution in [2.45, 2.75) is 6.92 Å². The summed E-state index contributed by atoms with van der Waals surface area (Å²) in [5.41, 5.74) is 2.47. The van der Waals surface area contributed by atoms with Gasteiger partial charge in [0.2, 0.25) is 0 Å². The minimum absolute atomic E-state index is 0.125. The summed E-state index contributed by atoms with van der Waals surface area (Å²) >= 11 is 6.50. The van der Waals surface area contributed by atoms with Gasteiger partial charge in [-0.2, -0.15) is 0 Å². The van der Waals surface area contributed by atoms with Gasteiger partial charge in [0.15, 0.2) is 0 Å². The Labute approximate surface area is 135 Å². The van der Waals surface area contributed by atoms with Crippen molar-refractivity contribution < 1.29 is 20.1 Å². The van der Waals surface area contributed by atoms with Crippen molar-refractivity contribution in [2.75, 3.05) is 0 Å². The molecule has 2 nitrogen and oxygen atoms in total. The van der Waals surface area contributed by atoms with E-state index in [1.54, 1.807) is 12.1 Å². The Kier molecular flexibility index (Phi) is 8.30. The normalized spacial score (nSPS) is 10.4. The molecule has 0 aliphatic heterocycles. The van der Waals surface area contributed by atoms with E-state index in [-0.39, 0.29) is 20.7 Å². The van der Waals surface area contributed by atoms with Crippen LogP contribution in [0.5, 0.6) is 5.75 Å². The van der Waals surface area contributed by atoms with Gasteiger partial charge in [0.1, 0.15) is 5.75 Å². The fourth-order valence-electron chi connectivity index (χ4n) is 1.54. The first-order chi connectivity index (χ1) is 9.19. The number of benzene rings is 2. The molecule has 0 aromatic heterocycles. The third-order valence-corrected chi connectivity index (χ3v) is 2.35. The predicted molar refractivity (Wildman–Crippen MR) is 84.3 cm³/mol. The SMILES string of the molecule is CC(=Nc1ccccc1)c1ccccc1O.[Br][Ti][Br]. The second-order valence-electron chi connectivity index (χ2n) is 3.62. The van der Waals surface area contributed by atoms with Crippen molar-refractivity contribution in [1.82, 2.24) is 0 Å². The Balaban J connectivity index is 0.000000550. The van der Waals surface area contributed by atoms with Crippen molar-refractivity contribution in [2.24, 2.45) is 4.99 Å². The van der Waals surface area contributed by atoms with E-state index >= 15 is 0 Å². The molecule has 0 bridgehead atoms. The van der Waals surface area contributed by atoms with Crippen LogP contribution in [0.15, 0.2) is 59.6 Å². The van der Waals surface area contributed by atoms with Crippen LogP contribution < -0.4 is 0 Å². The van der Waals surface area contributed by atoms with E-state index in [9.17, 15) is 5.11 Å². The molecule has 0 unspecified atom stereocenters. The fourth-order valence-corrected chi connectivity index (χ4v) is 1.54. The Bertz CT molecular complexity index is 532. The first-order valence-electron chi connectivity index (χ1n) is 5.54. The maximum absolute atomic E-state index is 9.68. The molecule has 0 saturated heterocycles. The maximum atomic E-state index is 9.68. The zero-order valence-corrected chi connectivity index (χ0v) is 15.1. The number of rotatable bonds is 2. The zero-order valence-electron chi connectivity index (χ0n) is 10.3. The van der Waals surface area contributed by atoms with Crippen LogP contribution in [0.1, 0.15) is 12.5 Å². The van der Waals surface area contributed by atoms with Crippen LogP contribution in [0.3, 0.4) is 0 Å². The molecule has 0 heterocycles. The number of hydrogen-bond donors (Lipinski definition) is 1. The number of phenols is 1. The van der Waals surface area contributed by atoms with Crippen molar-refractivity contribution >= 4 is 37.7 Å². The standard InChI is InChI=1S/C14H13NO.2BrH.Ti/c1-11(13-9-5-6-10-14(13)16)15-12-7-3-2-4-8-12;;;/h2-10,16H,1H3;2*1H;/q;;;+2/p-2. The number of aromatic hydroxyl groups is 1. The quantitative estimate of drug-likeness (QED) is 0.526. The number of para-hydroxylation sites is 2. The van der Waals surface area contributed by atoms with Crippen LogP contribution in [-0.2, 0) is 15.0 Å². The van der Waals surface area contributed by atoms with E-state index in [2.05, 4.69) is 31.3 Å². The van der Waals surface area contributed by atoms with Gasteiger partial charge >= 0.3 is 41.3 Å². The minimum atomic E-state index is 0.125. The van der Waals surface area contributed by atoms with Gasteiger partial charge in [-0.15, -0.1) is 0 Å². The number of hydrogen-bond acceptors (Lipinski definition) is 2. The molecule has 0 fully saturated rings. The van der Waals surface area contributed by atoms with Gasteiger partial charge in [0, 0.05) is 11.3 Å². The number of nitrogens with zero attached hydrogens (tertiary/aromatic N) is 1. The summed E-state index contributed by atoms with van der Waals surface area (Å²) in [5.74, 6) is 0.264. The Morgan fingerprint density at radius 2 is 1.53 bits per heavy atom. The molecule has 0 aliphatic carbocycles. The number of aliphatic imine (C=N–C) groups is 1. The van der Waals surface area contributed by atoms with E-state index in [0.29, 0.717) is 0 Å². The second kappa shape index (κ2) is 9.48. The van der Waals surface area contributed by atoms with Crippen molar-refractivity contribution in [3.8, 4) is 5.75 Å². The van der Waals surface area contributed by atoms with Gasteiger partial charge < -0.3 is 5.11 Å². The van der Waals surface area contributed by atoms with Crippen molar-refractivity contribution in [3.05, 3.63) is 60.2 Å². The molecule has 0 amide bonds. The summed E-state index contributed by atoms with van der Waals surface area (Å²) in [7, 11) is 0. The molecule has 98 valence electrons. The first-order valence-corrected chi connectivity index (χ1v) is 13.3. The molecule has 0 saturated carbocycles. The van der Waals surface area contributed by atoms with Gasteiger partial charge in [0.25, 0.3) is 0 Å². The van der Waals surface area contributed by atoms with Gasteiger partial charge in [-0.3, -0.25) is 4.99 Å². The Morgan fingerprint density at radius 1 is 1.00 bits per heavy atom. The first kappa shape index (κ1) is 16.6. The summed E-state index contributed by atoms with van der Waals surface area (Å²) < 4.78 is 0. The summed E-state index contributed by atoms with van der Waals surface area (Å²) in [6.45, 7) is 1.89. The molecule has 0 atom stereocenters. The molecular weight excluding hydrogens is 406 g/mol. The van der Waals surface area contributed by atoms with Crippen LogP contribution in [-0.4, -0.2) is 10.8 Å². The van der Waals surface area contributed by atoms with Gasteiger partial charge in [-0.1, -0.05) is 30.3 Å². The molecule has 1 N–H and O–H groups in total. The Hall–Kier alpha value is -0.416. The van der Waals surface area contributed by atoms with E-state index in [1.165, 1.54) is 0 Å². The third-order valence-electron chi connectivity index (χ3n) is 2.35. The number of phenolic OH excluding ortho intramolecular Hbond substituents is 1.